The van der Waals surface area contributed by atoms with Crippen molar-refractivity contribution in [2.24, 2.45) is 5.73 Å². The van der Waals surface area contributed by atoms with Crippen LogP contribution < -0.4 is 11.1 Å². The lowest BCUT2D eigenvalue weighted by Crippen LogP contribution is -2.16. The molecule has 0 spiro atoms. The third-order valence-corrected chi connectivity index (χ3v) is 1.65. The fourth-order valence-electron chi connectivity index (χ4n) is 1.00. The van der Waals surface area contributed by atoms with Crippen LogP contribution in [0, 0.1) is 10.1 Å². The summed E-state index contributed by atoms with van der Waals surface area (Å²) in [5.41, 5.74) is 5.21. The Labute approximate surface area is 85.5 Å². The van der Waals surface area contributed by atoms with Gasteiger partial charge in [-0.1, -0.05) is 0 Å². The molecular weight excluding hydrogens is 200 g/mol. The molecule has 1 aromatic heterocycles. The van der Waals surface area contributed by atoms with Gasteiger partial charge in [0.15, 0.2) is 0 Å². The third kappa shape index (κ3) is 3.22. The van der Waals surface area contributed by atoms with Crippen LogP contribution in [-0.4, -0.2) is 22.4 Å². The quantitative estimate of drug-likeness (QED) is 0.535. The monoisotopic (exact) mass is 210 g/mol. The van der Waals surface area contributed by atoms with E-state index < -0.39 is 10.8 Å². The average molecular weight is 210 g/mol. The van der Waals surface area contributed by atoms with E-state index in [1.807, 2.05) is 0 Å². The molecule has 1 heterocycles. The van der Waals surface area contributed by atoms with Crippen molar-refractivity contribution in [2.45, 2.75) is 6.42 Å². The van der Waals surface area contributed by atoms with E-state index >= 15 is 0 Å². The molecule has 0 aliphatic rings. The maximum Gasteiger partial charge on any atom is 0.386 e. The number of primary amides is 1. The number of amides is 1. The first-order chi connectivity index (χ1) is 7.11. The molecule has 80 valence electrons. The number of nitrogens with two attached hydrogens (primary N) is 1. The Kier molecular flexibility index (Phi) is 3.55. The van der Waals surface area contributed by atoms with Gasteiger partial charge in [-0.05, 0) is 22.0 Å². The minimum absolute atomic E-state index is 0.117. The maximum atomic E-state index is 10.5. The lowest BCUT2D eigenvalue weighted by atomic mass is 10.3. The van der Waals surface area contributed by atoms with Gasteiger partial charge >= 0.3 is 5.82 Å². The Morgan fingerprint density at radius 3 is 3.00 bits per heavy atom. The standard InChI is InChI=1S/C8H10N4O3/c9-7(13)3-5-10-6-2-1-4-11-8(6)12(14)15/h1-2,4,10H,3,5H2,(H2,9,13). The molecule has 0 fully saturated rings. The molecule has 3 N–H and O–H groups in total. The number of aromatic nitrogens is 1. The first-order valence-corrected chi connectivity index (χ1v) is 4.23. The minimum Gasteiger partial charge on any atom is -0.378 e. The van der Waals surface area contributed by atoms with Crippen molar-refractivity contribution >= 4 is 17.4 Å². The summed E-state index contributed by atoms with van der Waals surface area (Å²) < 4.78 is 0. The summed E-state index contributed by atoms with van der Waals surface area (Å²) in [5, 5.41) is 13.3. The summed E-state index contributed by atoms with van der Waals surface area (Å²) in [6, 6.07) is 3.09. The molecule has 1 amide bonds. The van der Waals surface area contributed by atoms with Crippen molar-refractivity contribution in [3.63, 3.8) is 0 Å². The van der Waals surface area contributed by atoms with E-state index in [9.17, 15) is 14.9 Å². The van der Waals surface area contributed by atoms with Gasteiger partial charge in [0.25, 0.3) is 0 Å². The third-order valence-electron chi connectivity index (χ3n) is 1.65. The van der Waals surface area contributed by atoms with Gasteiger partial charge in [0.05, 0.1) is 0 Å². The fourth-order valence-corrected chi connectivity index (χ4v) is 1.00. The van der Waals surface area contributed by atoms with Gasteiger partial charge in [-0.25, -0.2) is 0 Å². The Balaban J connectivity index is 2.67. The van der Waals surface area contributed by atoms with Crippen LogP contribution in [0.25, 0.3) is 0 Å². The Hall–Kier alpha value is -2.18. The molecule has 1 rings (SSSR count). The van der Waals surface area contributed by atoms with Crippen LogP contribution in [0.4, 0.5) is 11.5 Å². The van der Waals surface area contributed by atoms with Crippen molar-refractivity contribution in [3.05, 3.63) is 28.4 Å². The number of hydrogen-bond acceptors (Lipinski definition) is 5. The number of nitrogens with zero attached hydrogens (tertiary/aromatic N) is 2. The number of carbonyl (C=O) groups is 1. The maximum absolute atomic E-state index is 10.5. The number of hydrogen-bond donors (Lipinski definition) is 2. The number of nitro groups is 1. The number of rotatable bonds is 5. The molecule has 7 heteroatoms. The van der Waals surface area contributed by atoms with E-state index in [4.69, 9.17) is 5.73 Å². The van der Waals surface area contributed by atoms with Gasteiger partial charge in [-0.2, -0.15) is 0 Å². The number of pyridine rings is 1. The predicted molar refractivity (Wildman–Crippen MR) is 53.2 cm³/mol. The molecule has 0 saturated carbocycles. The largest absolute Gasteiger partial charge is 0.386 e. The summed E-state index contributed by atoms with van der Waals surface area (Å²) >= 11 is 0. The lowest BCUT2D eigenvalue weighted by molar-refractivity contribution is -0.388. The van der Waals surface area contributed by atoms with Crippen LogP contribution in [-0.2, 0) is 4.79 Å². The predicted octanol–water partition coefficient (Wildman–Crippen LogP) is 0.277. The first-order valence-electron chi connectivity index (χ1n) is 4.23. The Morgan fingerprint density at radius 2 is 2.40 bits per heavy atom. The fraction of sp³-hybridized carbons (Fsp3) is 0.250. The highest BCUT2D eigenvalue weighted by molar-refractivity contribution is 5.74. The van der Waals surface area contributed by atoms with Gasteiger partial charge in [0, 0.05) is 13.0 Å². The second-order valence-electron chi connectivity index (χ2n) is 2.77. The van der Waals surface area contributed by atoms with Crippen LogP contribution in [0.5, 0.6) is 0 Å². The van der Waals surface area contributed by atoms with Gasteiger partial charge in [-0.3, -0.25) is 4.79 Å². The van der Waals surface area contributed by atoms with E-state index in [0.717, 1.165) is 0 Å². The zero-order valence-corrected chi connectivity index (χ0v) is 7.84. The van der Waals surface area contributed by atoms with Gasteiger partial charge in [-0.15, -0.1) is 0 Å². The van der Waals surface area contributed by atoms with Crippen molar-refractivity contribution in [2.75, 3.05) is 11.9 Å². The molecule has 0 atom stereocenters. The van der Waals surface area contributed by atoms with Crippen LogP contribution in [0.15, 0.2) is 18.3 Å². The van der Waals surface area contributed by atoms with Gasteiger partial charge in [0.1, 0.15) is 11.9 Å². The lowest BCUT2D eigenvalue weighted by Gasteiger charge is -2.04. The van der Waals surface area contributed by atoms with E-state index in [0.29, 0.717) is 0 Å². The van der Waals surface area contributed by atoms with Crippen LogP contribution in [0.2, 0.25) is 0 Å². The molecule has 0 bridgehead atoms. The number of anilines is 1. The van der Waals surface area contributed by atoms with E-state index in [1.54, 1.807) is 6.07 Å². The molecule has 0 aliphatic carbocycles. The summed E-state index contributed by atoms with van der Waals surface area (Å²) in [7, 11) is 0. The molecule has 15 heavy (non-hydrogen) atoms. The van der Waals surface area contributed by atoms with E-state index in [2.05, 4.69) is 10.3 Å². The topological polar surface area (TPSA) is 111 Å². The van der Waals surface area contributed by atoms with Crippen molar-refractivity contribution < 1.29 is 9.72 Å². The molecule has 0 unspecified atom stereocenters. The molecule has 0 saturated heterocycles. The summed E-state index contributed by atoms with van der Waals surface area (Å²) in [6.45, 7) is 0.252. The van der Waals surface area contributed by atoms with Crippen molar-refractivity contribution in [3.8, 4) is 0 Å². The van der Waals surface area contributed by atoms with Crippen LogP contribution in [0.3, 0.4) is 0 Å². The first kappa shape index (κ1) is 10.9. The summed E-state index contributed by atoms with van der Waals surface area (Å²) in [5.74, 6) is -0.726. The normalized spacial score (nSPS) is 9.60. The van der Waals surface area contributed by atoms with Crippen LogP contribution >= 0.6 is 0 Å². The van der Waals surface area contributed by atoms with E-state index in [1.165, 1.54) is 12.3 Å². The molecule has 1 aromatic rings. The molecule has 0 aliphatic heterocycles. The second-order valence-corrected chi connectivity index (χ2v) is 2.77. The van der Waals surface area contributed by atoms with Gasteiger partial charge in [0.2, 0.25) is 5.91 Å². The number of nitrogens with one attached hydrogen (secondary N) is 1. The smallest absolute Gasteiger partial charge is 0.378 e. The van der Waals surface area contributed by atoms with E-state index in [-0.39, 0.29) is 24.5 Å². The Morgan fingerprint density at radius 1 is 1.67 bits per heavy atom. The molecular formula is C8H10N4O3. The highest BCUT2D eigenvalue weighted by atomic mass is 16.6. The van der Waals surface area contributed by atoms with Gasteiger partial charge < -0.3 is 21.2 Å². The van der Waals surface area contributed by atoms with Crippen LogP contribution in [0.1, 0.15) is 6.42 Å². The average Bonchev–Trinajstić information content (AvgIpc) is 2.17. The highest BCUT2D eigenvalue weighted by Gasteiger charge is 2.13. The number of carbonyl (C=O) groups excluding carboxylic acids is 1. The van der Waals surface area contributed by atoms with Crippen molar-refractivity contribution in [1.29, 1.82) is 0 Å². The SMILES string of the molecule is NC(=O)CCNc1cccnc1[N+](=O)[O-]. The molecule has 0 aromatic carbocycles. The zero-order chi connectivity index (χ0) is 11.3. The zero-order valence-electron chi connectivity index (χ0n) is 7.84. The molecule has 7 nitrogen and oxygen atoms in total. The van der Waals surface area contributed by atoms with Crippen molar-refractivity contribution in [1.82, 2.24) is 4.98 Å². The highest BCUT2D eigenvalue weighted by Crippen LogP contribution is 2.19. The Bertz CT molecular complexity index is 380. The second kappa shape index (κ2) is 4.89. The summed E-state index contributed by atoms with van der Waals surface area (Å²) in [4.78, 5) is 24.0. The summed E-state index contributed by atoms with van der Waals surface area (Å²) in [6.07, 6.45) is 1.45. The molecule has 0 radical (unpaired) electrons. The minimum atomic E-state index is -0.591.